The van der Waals surface area contributed by atoms with Crippen molar-refractivity contribution in [3.05, 3.63) is 98.5 Å². The van der Waals surface area contributed by atoms with Gasteiger partial charge in [0.2, 0.25) is 0 Å². The van der Waals surface area contributed by atoms with Crippen molar-refractivity contribution in [3.8, 4) is 0 Å². The number of carbonyl (C=O) groups excluding carboxylic acids is 1. The first kappa shape index (κ1) is 23.4. The Morgan fingerprint density at radius 1 is 0.833 bits per heavy atom. The molecule has 2 nitrogen and oxygen atoms in total. The molecule has 0 heterocycles. The second kappa shape index (κ2) is 11.9. The molecule has 0 aliphatic carbocycles. The molecule has 3 aromatic rings. The van der Waals surface area contributed by atoms with Gasteiger partial charge in [0.05, 0.1) is 0 Å². The molecule has 0 radical (unpaired) electrons. The first-order valence-corrected chi connectivity index (χ1v) is 12.6. The van der Waals surface area contributed by atoms with Gasteiger partial charge in [-0.05, 0) is 59.7 Å². The Morgan fingerprint density at radius 3 is 2.17 bits per heavy atom. The highest BCUT2D eigenvalue weighted by atomic mass is 35.5. The lowest BCUT2D eigenvalue weighted by atomic mass is 10.1. The largest absolute Gasteiger partial charge is 0.351 e. The summed E-state index contributed by atoms with van der Waals surface area (Å²) >= 11 is 21.7. The van der Waals surface area contributed by atoms with Crippen molar-refractivity contribution in [2.24, 2.45) is 0 Å². The third-order valence-corrected chi connectivity index (χ3v) is 7.30. The van der Waals surface area contributed by atoms with Crippen LogP contribution in [0.25, 0.3) is 0 Å². The van der Waals surface area contributed by atoms with Gasteiger partial charge in [-0.1, -0.05) is 53.0 Å². The van der Waals surface area contributed by atoms with Crippen molar-refractivity contribution in [3.63, 3.8) is 0 Å². The lowest BCUT2D eigenvalue weighted by Gasteiger charge is -2.08. The third-order valence-electron chi connectivity index (χ3n) is 4.28. The summed E-state index contributed by atoms with van der Waals surface area (Å²) in [5.41, 5.74) is 2.76. The van der Waals surface area contributed by atoms with Gasteiger partial charge in [-0.3, -0.25) is 4.79 Å². The Morgan fingerprint density at radius 2 is 1.50 bits per heavy atom. The minimum atomic E-state index is -0.0664. The molecule has 7 heteroatoms. The number of thioether (sulfide) groups is 2. The van der Waals surface area contributed by atoms with E-state index in [0.717, 1.165) is 27.0 Å². The Kier molecular flexibility index (Phi) is 9.28. The second-order valence-corrected chi connectivity index (χ2v) is 9.85. The molecule has 0 unspecified atom stereocenters. The van der Waals surface area contributed by atoms with Crippen LogP contribution >= 0.6 is 58.3 Å². The van der Waals surface area contributed by atoms with Gasteiger partial charge < -0.3 is 5.32 Å². The quantitative estimate of drug-likeness (QED) is 0.244. The average Bonchev–Trinajstić information content (AvgIpc) is 2.75. The number of nitrogens with one attached hydrogen (secondary N) is 1. The van der Waals surface area contributed by atoms with Crippen LogP contribution in [-0.2, 0) is 11.5 Å². The van der Waals surface area contributed by atoms with Crippen LogP contribution in [0.4, 0.5) is 0 Å². The summed E-state index contributed by atoms with van der Waals surface area (Å²) in [6.07, 6.45) is 0. The summed E-state index contributed by atoms with van der Waals surface area (Å²) in [4.78, 5) is 13.5. The van der Waals surface area contributed by atoms with Crippen LogP contribution in [0.3, 0.4) is 0 Å². The van der Waals surface area contributed by atoms with E-state index in [2.05, 4.69) is 5.32 Å². The number of rotatable bonds is 9. The molecule has 0 aliphatic rings. The Bertz CT molecular complexity index is 958. The van der Waals surface area contributed by atoms with Crippen molar-refractivity contribution in [2.45, 2.75) is 16.4 Å². The maximum absolute atomic E-state index is 12.3. The van der Waals surface area contributed by atoms with Gasteiger partial charge in [-0.25, -0.2) is 0 Å². The van der Waals surface area contributed by atoms with Crippen molar-refractivity contribution in [1.29, 1.82) is 0 Å². The van der Waals surface area contributed by atoms with E-state index in [-0.39, 0.29) is 5.91 Å². The zero-order chi connectivity index (χ0) is 21.3. The summed E-state index contributed by atoms with van der Waals surface area (Å²) in [7, 11) is 0. The predicted molar refractivity (Wildman–Crippen MR) is 132 cm³/mol. The molecule has 30 heavy (non-hydrogen) atoms. The van der Waals surface area contributed by atoms with Crippen molar-refractivity contribution in [1.82, 2.24) is 5.32 Å². The molecule has 0 saturated carbocycles. The normalized spacial score (nSPS) is 10.8. The number of benzene rings is 3. The smallest absolute Gasteiger partial charge is 0.251 e. The number of hydrogen-bond donors (Lipinski definition) is 1. The monoisotopic (exact) mass is 495 g/mol. The Balaban J connectivity index is 1.39. The number of hydrogen-bond acceptors (Lipinski definition) is 3. The standard InChI is InChI=1S/C23H20Cl3NOS2/c24-18-8-10-19(11-9-18)30-14-16-4-6-17(7-5-16)23(28)27-12-13-29-15-20-21(25)2-1-3-22(20)26/h1-11H,12-15H2,(H,27,28). The van der Waals surface area contributed by atoms with Crippen LogP contribution in [0.5, 0.6) is 0 Å². The lowest BCUT2D eigenvalue weighted by Crippen LogP contribution is -2.25. The average molecular weight is 497 g/mol. The summed E-state index contributed by atoms with van der Waals surface area (Å²) in [5, 5.41) is 5.04. The summed E-state index contributed by atoms with van der Waals surface area (Å²) in [6, 6.07) is 21.0. The summed E-state index contributed by atoms with van der Waals surface area (Å²) < 4.78 is 0. The minimum absolute atomic E-state index is 0.0664. The maximum atomic E-state index is 12.3. The molecule has 1 N–H and O–H groups in total. The third kappa shape index (κ3) is 7.14. The van der Waals surface area contributed by atoms with Crippen LogP contribution in [0, 0.1) is 0 Å². The van der Waals surface area contributed by atoms with Gasteiger partial charge in [0, 0.05) is 49.3 Å². The molecule has 0 spiro atoms. The zero-order valence-electron chi connectivity index (χ0n) is 16.0. The second-order valence-electron chi connectivity index (χ2n) is 6.45. The van der Waals surface area contributed by atoms with Gasteiger partial charge in [0.25, 0.3) is 5.91 Å². The van der Waals surface area contributed by atoms with E-state index in [9.17, 15) is 4.79 Å². The lowest BCUT2D eigenvalue weighted by molar-refractivity contribution is 0.0956. The molecule has 0 bridgehead atoms. The van der Waals surface area contributed by atoms with Gasteiger partial charge in [0.1, 0.15) is 0 Å². The number of halogens is 3. The highest BCUT2D eigenvalue weighted by Gasteiger charge is 2.07. The SMILES string of the molecule is O=C(NCCSCc1c(Cl)cccc1Cl)c1ccc(CSc2ccc(Cl)cc2)cc1. The first-order valence-electron chi connectivity index (χ1n) is 9.29. The van der Waals surface area contributed by atoms with E-state index in [0.29, 0.717) is 27.9 Å². The molecular formula is C23H20Cl3NOS2. The fourth-order valence-corrected chi connectivity index (χ4v) is 5.21. The fourth-order valence-electron chi connectivity index (χ4n) is 2.63. The maximum Gasteiger partial charge on any atom is 0.251 e. The van der Waals surface area contributed by atoms with E-state index in [1.165, 1.54) is 5.56 Å². The minimum Gasteiger partial charge on any atom is -0.351 e. The molecule has 0 fully saturated rings. The van der Waals surface area contributed by atoms with E-state index in [1.807, 2.05) is 66.7 Å². The fraction of sp³-hybridized carbons (Fsp3) is 0.174. The molecule has 0 aromatic heterocycles. The molecule has 0 aliphatic heterocycles. The van der Waals surface area contributed by atoms with E-state index < -0.39 is 0 Å². The molecular weight excluding hydrogens is 477 g/mol. The predicted octanol–water partition coefficient (Wildman–Crippen LogP) is 7.60. The van der Waals surface area contributed by atoms with E-state index in [1.54, 1.807) is 23.5 Å². The molecule has 0 saturated heterocycles. The highest BCUT2D eigenvalue weighted by Crippen LogP contribution is 2.28. The zero-order valence-corrected chi connectivity index (χ0v) is 19.9. The number of amides is 1. The van der Waals surface area contributed by atoms with Crippen molar-refractivity contribution in [2.75, 3.05) is 12.3 Å². The summed E-state index contributed by atoms with van der Waals surface area (Å²) in [6.45, 7) is 0.583. The number of carbonyl (C=O) groups is 1. The topological polar surface area (TPSA) is 29.1 Å². The van der Waals surface area contributed by atoms with Crippen molar-refractivity contribution < 1.29 is 4.79 Å². The summed E-state index contributed by atoms with van der Waals surface area (Å²) in [5.74, 6) is 2.27. The van der Waals surface area contributed by atoms with Crippen LogP contribution in [-0.4, -0.2) is 18.2 Å². The Hall–Kier alpha value is -1.30. The molecule has 1 amide bonds. The van der Waals surface area contributed by atoms with E-state index in [4.69, 9.17) is 34.8 Å². The van der Waals surface area contributed by atoms with Gasteiger partial charge in [-0.2, -0.15) is 11.8 Å². The molecule has 156 valence electrons. The van der Waals surface area contributed by atoms with Crippen LogP contribution in [0.2, 0.25) is 15.1 Å². The highest BCUT2D eigenvalue weighted by molar-refractivity contribution is 7.98. The van der Waals surface area contributed by atoms with Crippen LogP contribution in [0.1, 0.15) is 21.5 Å². The molecule has 3 aromatic carbocycles. The Labute approximate surface area is 200 Å². The van der Waals surface area contributed by atoms with Crippen LogP contribution in [0.15, 0.2) is 71.6 Å². The molecule has 0 atom stereocenters. The van der Waals surface area contributed by atoms with Gasteiger partial charge in [0.15, 0.2) is 0 Å². The van der Waals surface area contributed by atoms with Crippen LogP contribution < -0.4 is 5.32 Å². The van der Waals surface area contributed by atoms with Gasteiger partial charge in [-0.15, -0.1) is 11.8 Å². The first-order chi connectivity index (χ1) is 14.5. The van der Waals surface area contributed by atoms with Gasteiger partial charge >= 0.3 is 0 Å². The van der Waals surface area contributed by atoms with Crippen molar-refractivity contribution >= 4 is 64.2 Å². The van der Waals surface area contributed by atoms with E-state index >= 15 is 0 Å². The molecule has 3 rings (SSSR count).